The molecular weight excluding hydrogens is 246 g/mol. The summed E-state index contributed by atoms with van der Waals surface area (Å²) in [6.07, 6.45) is 6.72. The molecule has 2 unspecified atom stereocenters. The third kappa shape index (κ3) is 2.58. The molecule has 2 atom stereocenters. The number of nitrogens with one attached hydrogen (secondary N) is 1. The zero-order valence-electron chi connectivity index (χ0n) is 10.9. The Labute approximate surface area is 112 Å². The Hall–Kier alpha value is -0.520. The van der Waals surface area contributed by atoms with Gasteiger partial charge in [0.2, 0.25) is 0 Å². The Bertz CT molecular complexity index is 395. The van der Waals surface area contributed by atoms with E-state index in [0.717, 1.165) is 26.2 Å². The van der Waals surface area contributed by atoms with Crippen molar-refractivity contribution in [2.75, 3.05) is 25.4 Å². The van der Waals surface area contributed by atoms with Crippen LogP contribution in [0.25, 0.3) is 0 Å². The van der Waals surface area contributed by atoms with E-state index in [1.165, 1.54) is 24.3 Å². The molecule has 18 heavy (non-hydrogen) atoms. The molecule has 5 heteroatoms. The summed E-state index contributed by atoms with van der Waals surface area (Å²) in [4.78, 5) is 4.32. The average molecular weight is 267 g/mol. The number of ether oxygens (including phenoxy) is 1. The highest BCUT2D eigenvalue weighted by Crippen LogP contribution is 2.39. The van der Waals surface area contributed by atoms with Crippen LogP contribution in [0.15, 0.2) is 12.5 Å². The summed E-state index contributed by atoms with van der Waals surface area (Å²) >= 11 is 2.09. The number of imidazole rings is 1. The van der Waals surface area contributed by atoms with Crippen LogP contribution in [-0.4, -0.2) is 39.7 Å². The van der Waals surface area contributed by atoms with Gasteiger partial charge in [-0.25, -0.2) is 4.98 Å². The zero-order chi connectivity index (χ0) is 12.4. The molecule has 1 aromatic rings. The van der Waals surface area contributed by atoms with Crippen LogP contribution < -0.4 is 5.32 Å². The quantitative estimate of drug-likeness (QED) is 0.907. The highest BCUT2D eigenvalue weighted by Gasteiger charge is 2.31. The lowest BCUT2D eigenvalue weighted by Gasteiger charge is -2.28. The fourth-order valence-corrected chi connectivity index (χ4v) is 4.11. The topological polar surface area (TPSA) is 39.1 Å². The molecular formula is C13H21N3OS. The molecule has 3 heterocycles. The van der Waals surface area contributed by atoms with Gasteiger partial charge in [0.15, 0.2) is 0 Å². The van der Waals surface area contributed by atoms with E-state index in [1.807, 2.05) is 12.5 Å². The van der Waals surface area contributed by atoms with Crippen molar-refractivity contribution >= 4 is 11.8 Å². The summed E-state index contributed by atoms with van der Waals surface area (Å²) in [6, 6.07) is 0. The van der Waals surface area contributed by atoms with Crippen molar-refractivity contribution in [3.63, 3.8) is 0 Å². The largest absolute Gasteiger partial charge is 0.369 e. The lowest BCUT2D eigenvalue weighted by atomic mass is 10.1. The van der Waals surface area contributed by atoms with E-state index in [-0.39, 0.29) is 6.10 Å². The minimum atomic E-state index is 0.163. The first-order valence-electron chi connectivity index (χ1n) is 6.73. The third-order valence-electron chi connectivity index (χ3n) is 3.81. The molecule has 2 aliphatic rings. The first-order chi connectivity index (χ1) is 8.77. The first-order valence-corrected chi connectivity index (χ1v) is 7.72. The fraction of sp³-hybridized carbons (Fsp3) is 0.769. The summed E-state index contributed by atoms with van der Waals surface area (Å²) in [5.74, 6) is 1.29. The van der Waals surface area contributed by atoms with E-state index < -0.39 is 0 Å². The molecule has 2 fully saturated rings. The Morgan fingerprint density at radius 3 is 3.33 bits per heavy atom. The van der Waals surface area contributed by atoms with Gasteiger partial charge in [0.25, 0.3) is 0 Å². The molecule has 3 rings (SSSR count). The smallest absolute Gasteiger partial charge is 0.111 e. The highest BCUT2D eigenvalue weighted by molar-refractivity contribution is 8.00. The zero-order valence-corrected chi connectivity index (χ0v) is 11.7. The number of morpholine rings is 1. The molecule has 0 bridgehead atoms. The number of hydrogen-bond donors (Lipinski definition) is 1. The van der Waals surface area contributed by atoms with Crippen LogP contribution in [0.5, 0.6) is 0 Å². The molecule has 1 aromatic heterocycles. The maximum atomic E-state index is 5.83. The number of nitrogens with zero attached hydrogens (tertiary/aromatic N) is 2. The third-order valence-corrected chi connectivity index (χ3v) is 5.33. The second kappa shape index (κ2) is 5.23. The predicted molar refractivity (Wildman–Crippen MR) is 73.9 cm³/mol. The van der Waals surface area contributed by atoms with Crippen molar-refractivity contribution in [1.82, 2.24) is 14.9 Å². The molecule has 4 nitrogen and oxygen atoms in total. The molecule has 0 amide bonds. The van der Waals surface area contributed by atoms with Crippen LogP contribution in [-0.2, 0) is 11.3 Å². The first kappa shape index (κ1) is 12.5. The SMILES string of the molecule is CC1(Cn2cncc2C2CNCCO2)CCCS1. The molecule has 100 valence electrons. The lowest BCUT2D eigenvalue weighted by molar-refractivity contribution is 0.0225. The molecule has 0 saturated carbocycles. The van der Waals surface area contributed by atoms with Crippen molar-refractivity contribution in [3.8, 4) is 0 Å². The van der Waals surface area contributed by atoms with Crippen molar-refractivity contribution in [3.05, 3.63) is 18.2 Å². The van der Waals surface area contributed by atoms with Gasteiger partial charge in [0.05, 0.1) is 24.8 Å². The normalized spacial score (nSPS) is 32.8. The summed E-state index contributed by atoms with van der Waals surface area (Å²) < 4.78 is 8.49. The Morgan fingerprint density at radius 2 is 2.61 bits per heavy atom. The van der Waals surface area contributed by atoms with Gasteiger partial charge >= 0.3 is 0 Å². The summed E-state index contributed by atoms with van der Waals surface area (Å²) in [6.45, 7) is 6.07. The van der Waals surface area contributed by atoms with Gasteiger partial charge in [-0.2, -0.15) is 11.8 Å². The Morgan fingerprint density at radius 1 is 1.67 bits per heavy atom. The molecule has 2 saturated heterocycles. The van der Waals surface area contributed by atoms with Gasteiger partial charge in [0, 0.05) is 24.4 Å². The van der Waals surface area contributed by atoms with Gasteiger partial charge < -0.3 is 14.6 Å². The number of aromatic nitrogens is 2. The second-order valence-corrected chi connectivity index (χ2v) is 7.09. The van der Waals surface area contributed by atoms with Gasteiger partial charge in [0.1, 0.15) is 6.10 Å². The van der Waals surface area contributed by atoms with Crippen molar-refractivity contribution < 1.29 is 4.74 Å². The maximum Gasteiger partial charge on any atom is 0.111 e. The minimum Gasteiger partial charge on any atom is -0.369 e. The standard InChI is InChI=1S/C13H21N3OS/c1-13(3-2-6-18-13)9-16-10-15-7-11(16)12-8-14-4-5-17-12/h7,10,12,14H,2-6,8-9H2,1H3. The lowest BCUT2D eigenvalue weighted by Crippen LogP contribution is -2.35. The van der Waals surface area contributed by atoms with E-state index in [4.69, 9.17) is 4.74 Å². The summed E-state index contributed by atoms with van der Waals surface area (Å²) in [5, 5.41) is 3.38. The number of thioether (sulfide) groups is 1. The fourth-order valence-electron chi connectivity index (χ4n) is 2.81. The second-order valence-electron chi connectivity index (χ2n) is 5.41. The van der Waals surface area contributed by atoms with Crippen LogP contribution in [0.4, 0.5) is 0 Å². The number of rotatable bonds is 3. The average Bonchev–Trinajstić information content (AvgIpc) is 3.00. The molecule has 2 aliphatic heterocycles. The molecule has 0 spiro atoms. The van der Waals surface area contributed by atoms with Gasteiger partial charge in [-0.3, -0.25) is 0 Å². The Balaban J connectivity index is 1.74. The van der Waals surface area contributed by atoms with Crippen molar-refractivity contribution in [1.29, 1.82) is 0 Å². The summed E-state index contributed by atoms with van der Waals surface area (Å²) in [7, 11) is 0. The van der Waals surface area contributed by atoms with Crippen LogP contribution in [0.2, 0.25) is 0 Å². The highest BCUT2D eigenvalue weighted by atomic mass is 32.2. The van der Waals surface area contributed by atoms with Crippen LogP contribution in [0.1, 0.15) is 31.6 Å². The minimum absolute atomic E-state index is 0.163. The molecule has 0 aliphatic carbocycles. The van der Waals surface area contributed by atoms with E-state index in [9.17, 15) is 0 Å². The molecule has 1 N–H and O–H groups in total. The van der Waals surface area contributed by atoms with E-state index in [1.54, 1.807) is 0 Å². The van der Waals surface area contributed by atoms with Gasteiger partial charge in [-0.05, 0) is 25.5 Å². The summed E-state index contributed by atoms with van der Waals surface area (Å²) in [5.41, 5.74) is 1.22. The maximum absolute atomic E-state index is 5.83. The van der Waals surface area contributed by atoms with E-state index in [2.05, 4.69) is 33.6 Å². The van der Waals surface area contributed by atoms with Crippen LogP contribution in [0.3, 0.4) is 0 Å². The van der Waals surface area contributed by atoms with E-state index >= 15 is 0 Å². The van der Waals surface area contributed by atoms with Crippen molar-refractivity contribution in [2.24, 2.45) is 0 Å². The van der Waals surface area contributed by atoms with Crippen LogP contribution >= 0.6 is 11.8 Å². The molecule has 0 aromatic carbocycles. The van der Waals surface area contributed by atoms with Gasteiger partial charge in [-0.1, -0.05) is 0 Å². The molecule has 0 radical (unpaired) electrons. The Kier molecular flexibility index (Phi) is 3.63. The van der Waals surface area contributed by atoms with E-state index in [0.29, 0.717) is 4.75 Å². The number of hydrogen-bond acceptors (Lipinski definition) is 4. The monoisotopic (exact) mass is 267 g/mol. The van der Waals surface area contributed by atoms with Gasteiger partial charge in [-0.15, -0.1) is 0 Å². The van der Waals surface area contributed by atoms with Crippen LogP contribution in [0, 0.1) is 0 Å². The predicted octanol–water partition coefficient (Wildman–Crippen LogP) is 1.83. The van der Waals surface area contributed by atoms with Crippen molar-refractivity contribution in [2.45, 2.75) is 37.2 Å².